The first kappa shape index (κ1) is 14.1. The Bertz CT molecular complexity index is 531. The van der Waals surface area contributed by atoms with Gasteiger partial charge in [0.15, 0.2) is 0 Å². The number of hydrogen-bond acceptors (Lipinski definition) is 1. The molecule has 0 unspecified atom stereocenters. The molecule has 2 aromatic rings. The van der Waals surface area contributed by atoms with Crippen LogP contribution in [0.4, 0.5) is 10.1 Å². The van der Waals surface area contributed by atoms with Gasteiger partial charge in [-0.05, 0) is 47.9 Å². The molecule has 2 aromatic carbocycles. The van der Waals surface area contributed by atoms with Crippen LogP contribution >= 0.6 is 15.9 Å². The second kappa shape index (κ2) is 6.20. The van der Waals surface area contributed by atoms with E-state index in [4.69, 9.17) is 0 Å². The van der Waals surface area contributed by atoms with Gasteiger partial charge in [0.1, 0.15) is 5.82 Å². The Kier molecular flexibility index (Phi) is 4.59. The van der Waals surface area contributed by atoms with E-state index in [0.29, 0.717) is 6.54 Å². The van der Waals surface area contributed by atoms with Crippen molar-refractivity contribution in [1.29, 1.82) is 0 Å². The predicted molar refractivity (Wildman–Crippen MR) is 82.0 cm³/mol. The number of aryl methyl sites for hydroxylation is 1. The van der Waals surface area contributed by atoms with Crippen molar-refractivity contribution < 1.29 is 4.39 Å². The summed E-state index contributed by atoms with van der Waals surface area (Å²) < 4.78 is 14.1. The molecule has 1 nitrogen and oxygen atoms in total. The van der Waals surface area contributed by atoms with Gasteiger partial charge in [0.05, 0.1) is 0 Å². The van der Waals surface area contributed by atoms with Gasteiger partial charge >= 0.3 is 0 Å². The van der Waals surface area contributed by atoms with Crippen LogP contribution in [-0.4, -0.2) is 7.05 Å². The minimum atomic E-state index is -0.209. The van der Waals surface area contributed by atoms with Crippen LogP contribution in [0.25, 0.3) is 0 Å². The molecule has 0 aliphatic heterocycles. The Morgan fingerprint density at radius 1 is 1.05 bits per heavy atom. The average molecular weight is 322 g/mol. The van der Waals surface area contributed by atoms with Gasteiger partial charge in [-0.15, -0.1) is 0 Å². The maximum atomic E-state index is 13.3. The topological polar surface area (TPSA) is 3.24 Å². The Morgan fingerprint density at radius 3 is 2.32 bits per heavy atom. The molecule has 0 spiro atoms. The lowest BCUT2D eigenvalue weighted by Gasteiger charge is -2.20. The van der Waals surface area contributed by atoms with Crippen molar-refractivity contribution >= 4 is 21.6 Å². The maximum absolute atomic E-state index is 13.3. The lowest BCUT2D eigenvalue weighted by Crippen LogP contribution is -2.16. The highest BCUT2D eigenvalue weighted by Gasteiger charge is 2.04. The monoisotopic (exact) mass is 321 g/mol. The maximum Gasteiger partial charge on any atom is 0.124 e. The number of benzene rings is 2. The van der Waals surface area contributed by atoms with E-state index in [0.717, 1.165) is 22.1 Å². The summed E-state index contributed by atoms with van der Waals surface area (Å²) in [6.45, 7) is 2.82. The van der Waals surface area contributed by atoms with Gasteiger partial charge in [0.2, 0.25) is 0 Å². The molecule has 0 aliphatic rings. The zero-order chi connectivity index (χ0) is 13.8. The van der Waals surface area contributed by atoms with Crippen LogP contribution < -0.4 is 4.90 Å². The van der Waals surface area contributed by atoms with E-state index in [2.05, 4.69) is 52.0 Å². The summed E-state index contributed by atoms with van der Waals surface area (Å²) in [6, 6.07) is 13.5. The van der Waals surface area contributed by atoms with E-state index in [1.807, 2.05) is 13.1 Å². The summed E-state index contributed by atoms with van der Waals surface area (Å²) in [6.07, 6.45) is 1.04. The average Bonchev–Trinajstić information content (AvgIpc) is 2.37. The molecule has 0 atom stereocenters. The quantitative estimate of drug-likeness (QED) is 0.782. The predicted octanol–water partition coefficient (Wildman–Crippen LogP) is 4.79. The van der Waals surface area contributed by atoms with Crippen molar-refractivity contribution in [1.82, 2.24) is 0 Å². The third kappa shape index (κ3) is 3.80. The first-order valence-corrected chi connectivity index (χ1v) is 7.13. The summed E-state index contributed by atoms with van der Waals surface area (Å²) >= 11 is 3.32. The third-order valence-corrected chi connectivity index (χ3v) is 3.59. The molecular formula is C16H17BrFN. The van der Waals surface area contributed by atoms with Gasteiger partial charge in [0.25, 0.3) is 0 Å². The second-order valence-corrected chi connectivity index (χ2v) is 5.57. The largest absolute Gasteiger partial charge is 0.370 e. The van der Waals surface area contributed by atoms with Crippen LogP contribution in [0.2, 0.25) is 0 Å². The van der Waals surface area contributed by atoms with Gasteiger partial charge in [-0.2, -0.15) is 0 Å². The number of halogens is 2. The molecular weight excluding hydrogens is 305 g/mol. The first-order chi connectivity index (χ1) is 9.08. The first-order valence-electron chi connectivity index (χ1n) is 6.33. The van der Waals surface area contributed by atoms with E-state index in [1.165, 1.54) is 11.6 Å². The standard InChI is InChI=1S/C16H17BrFN/c1-3-12-4-6-16(7-5-12)19(2)11-13-8-14(17)10-15(18)9-13/h4-10H,3,11H2,1-2H3. The van der Waals surface area contributed by atoms with Crippen molar-refractivity contribution in [2.75, 3.05) is 11.9 Å². The highest BCUT2D eigenvalue weighted by atomic mass is 79.9. The van der Waals surface area contributed by atoms with E-state index in [-0.39, 0.29) is 5.82 Å². The van der Waals surface area contributed by atoms with Crippen molar-refractivity contribution in [3.05, 3.63) is 63.9 Å². The fourth-order valence-electron chi connectivity index (χ4n) is 2.05. The third-order valence-electron chi connectivity index (χ3n) is 3.13. The molecule has 0 heterocycles. The van der Waals surface area contributed by atoms with Gasteiger partial charge < -0.3 is 4.90 Å². The Balaban J connectivity index is 2.13. The number of hydrogen-bond donors (Lipinski definition) is 0. The van der Waals surface area contributed by atoms with Crippen LogP contribution in [-0.2, 0) is 13.0 Å². The molecule has 0 bridgehead atoms. The zero-order valence-electron chi connectivity index (χ0n) is 11.2. The SMILES string of the molecule is CCc1ccc(N(C)Cc2cc(F)cc(Br)c2)cc1. The molecule has 3 heteroatoms. The van der Waals surface area contributed by atoms with Crippen molar-refractivity contribution in [3.8, 4) is 0 Å². The highest BCUT2D eigenvalue weighted by molar-refractivity contribution is 9.10. The molecule has 0 aromatic heterocycles. The normalized spacial score (nSPS) is 10.5. The molecule has 100 valence electrons. The smallest absolute Gasteiger partial charge is 0.124 e. The van der Waals surface area contributed by atoms with Crippen LogP contribution in [0.15, 0.2) is 46.9 Å². The van der Waals surface area contributed by atoms with Gasteiger partial charge in [0, 0.05) is 23.8 Å². The van der Waals surface area contributed by atoms with Gasteiger partial charge in [-0.3, -0.25) is 0 Å². The summed E-state index contributed by atoms with van der Waals surface area (Å²) in [5.74, 6) is -0.209. The molecule has 0 aliphatic carbocycles. The van der Waals surface area contributed by atoms with Crippen molar-refractivity contribution in [2.45, 2.75) is 19.9 Å². The van der Waals surface area contributed by atoms with Crippen molar-refractivity contribution in [3.63, 3.8) is 0 Å². The molecule has 0 saturated carbocycles. The Labute approximate surface area is 122 Å². The number of anilines is 1. The lowest BCUT2D eigenvalue weighted by molar-refractivity contribution is 0.624. The second-order valence-electron chi connectivity index (χ2n) is 4.65. The Hall–Kier alpha value is -1.35. The number of rotatable bonds is 4. The summed E-state index contributed by atoms with van der Waals surface area (Å²) in [5, 5.41) is 0. The highest BCUT2D eigenvalue weighted by Crippen LogP contribution is 2.20. The summed E-state index contributed by atoms with van der Waals surface area (Å²) in [4.78, 5) is 2.11. The number of nitrogens with zero attached hydrogens (tertiary/aromatic N) is 1. The molecule has 0 radical (unpaired) electrons. The molecule has 0 saturated heterocycles. The van der Waals surface area contributed by atoms with E-state index < -0.39 is 0 Å². The van der Waals surface area contributed by atoms with Crippen molar-refractivity contribution in [2.24, 2.45) is 0 Å². The molecule has 0 amide bonds. The zero-order valence-corrected chi connectivity index (χ0v) is 12.7. The van der Waals surface area contributed by atoms with Crippen LogP contribution in [0.1, 0.15) is 18.1 Å². The lowest BCUT2D eigenvalue weighted by atomic mass is 10.1. The van der Waals surface area contributed by atoms with Crippen LogP contribution in [0.3, 0.4) is 0 Å². The molecule has 19 heavy (non-hydrogen) atoms. The van der Waals surface area contributed by atoms with E-state index in [9.17, 15) is 4.39 Å². The minimum absolute atomic E-state index is 0.209. The van der Waals surface area contributed by atoms with Crippen LogP contribution in [0, 0.1) is 5.82 Å². The van der Waals surface area contributed by atoms with E-state index in [1.54, 1.807) is 6.07 Å². The molecule has 0 fully saturated rings. The van der Waals surface area contributed by atoms with Gasteiger partial charge in [-0.1, -0.05) is 35.0 Å². The minimum Gasteiger partial charge on any atom is -0.370 e. The van der Waals surface area contributed by atoms with Gasteiger partial charge in [-0.25, -0.2) is 4.39 Å². The summed E-state index contributed by atoms with van der Waals surface area (Å²) in [7, 11) is 2.01. The van der Waals surface area contributed by atoms with E-state index >= 15 is 0 Å². The fourth-order valence-corrected chi connectivity index (χ4v) is 2.57. The van der Waals surface area contributed by atoms with Crippen LogP contribution in [0.5, 0.6) is 0 Å². The molecule has 0 N–H and O–H groups in total. The Morgan fingerprint density at radius 2 is 1.74 bits per heavy atom. The fraction of sp³-hybridized carbons (Fsp3) is 0.250. The summed E-state index contributed by atoms with van der Waals surface area (Å²) in [5.41, 5.74) is 3.41. The molecule has 2 rings (SSSR count).